The molecule has 0 bridgehead atoms. The second-order valence-corrected chi connectivity index (χ2v) is 5.47. The van der Waals surface area contributed by atoms with Crippen LogP contribution >= 0.6 is 0 Å². The van der Waals surface area contributed by atoms with Crippen LogP contribution in [0.4, 0.5) is 0 Å². The lowest BCUT2D eigenvalue weighted by Gasteiger charge is -2.31. The first-order valence-corrected chi connectivity index (χ1v) is 5.44. The molecule has 1 rings (SSSR count). The van der Waals surface area contributed by atoms with Crippen molar-refractivity contribution in [3.63, 3.8) is 0 Å². The zero-order valence-corrected chi connectivity index (χ0v) is 10.3. The first-order valence-electron chi connectivity index (χ1n) is 5.44. The second-order valence-electron chi connectivity index (χ2n) is 5.47. The molecule has 0 aromatic carbocycles. The van der Waals surface area contributed by atoms with E-state index in [1.54, 1.807) is 0 Å². The van der Waals surface area contributed by atoms with Crippen LogP contribution in [0.25, 0.3) is 0 Å². The summed E-state index contributed by atoms with van der Waals surface area (Å²) >= 11 is 0. The highest BCUT2D eigenvalue weighted by Gasteiger charge is 2.31. The van der Waals surface area contributed by atoms with Gasteiger partial charge in [-0.3, -0.25) is 0 Å². The molecule has 1 aliphatic rings. The summed E-state index contributed by atoms with van der Waals surface area (Å²) in [6.45, 7) is 13.4. The van der Waals surface area contributed by atoms with E-state index in [1.165, 1.54) is 18.7 Å². The van der Waals surface area contributed by atoms with Gasteiger partial charge in [-0.25, -0.2) is 0 Å². The Kier molecular flexibility index (Phi) is 3.25. The van der Waals surface area contributed by atoms with Gasteiger partial charge in [0, 0.05) is 24.8 Å². The summed E-state index contributed by atoms with van der Waals surface area (Å²) in [5, 5.41) is 0. The third-order valence-electron chi connectivity index (χ3n) is 3.34. The fraction of sp³-hybridized carbons (Fsp3) is 0.833. The van der Waals surface area contributed by atoms with Gasteiger partial charge in [-0.05, 0) is 32.9 Å². The molecule has 1 heterocycles. The molecule has 1 fully saturated rings. The monoisotopic (exact) mass is 196 g/mol. The lowest BCUT2D eigenvalue weighted by molar-refractivity contribution is 0.265. The summed E-state index contributed by atoms with van der Waals surface area (Å²) in [6.07, 6.45) is 1.28. The van der Waals surface area contributed by atoms with Gasteiger partial charge in [0.1, 0.15) is 0 Å². The number of hydrogen-bond donors (Lipinski definition) is 0. The zero-order valence-electron chi connectivity index (χ0n) is 10.3. The average Bonchev–Trinajstić information content (AvgIpc) is 2.43. The molecule has 1 aliphatic heterocycles. The minimum Gasteiger partial charge on any atom is -0.373 e. The molecule has 0 N–H and O–H groups in total. The van der Waals surface area contributed by atoms with Crippen molar-refractivity contribution in [3.05, 3.63) is 12.3 Å². The van der Waals surface area contributed by atoms with E-state index in [2.05, 4.69) is 51.2 Å². The highest BCUT2D eigenvalue weighted by atomic mass is 15.2. The maximum absolute atomic E-state index is 4.21. The van der Waals surface area contributed by atoms with Gasteiger partial charge in [0.05, 0.1) is 0 Å². The van der Waals surface area contributed by atoms with Crippen LogP contribution in [0, 0.1) is 5.41 Å². The first kappa shape index (κ1) is 11.6. The van der Waals surface area contributed by atoms with Crippen molar-refractivity contribution in [1.82, 2.24) is 9.80 Å². The van der Waals surface area contributed by atoms with Gasteiger partial charge >= 0.3 is 0 Å². The molecule has 0 radical (unpaired) electrons. The maximum Gasteiger partial charge on any atom is 0.0456 e. The predicted molar refractivity (Wildman–Crippen MR) is 62.3 cm³/mol. The van der Waals surface area contributed by atoms with Gasteiger partial charge in [0.15, 0.2) is 0 Å². The van der Waals surface area contributed by atoms with Crippen molar-refractivity contribution < 1.29 is 0 Å². The number of hydrogen-bond acceptors (Lipinski definition) is 2. The molecule has 0 saturated carbocycles. The highest BCUT2D eigenvalue weighted by Crippen LogP contribution is 2.31. The predicted octanol–water partition coefficient (Wildman–Crippen LogP) is 2.18. The molecule has 1 unspecified atom stereocenters. The number of likely N-dealkylation sites (N-methyl/N-ethyl adjacent to an activating group) is 1. The molecule has 0 amide bonds. The Hall–Kier alpha value is -0.500. The van der Waals surface area contributed by atoms with Crippen molar-refractivity contribution in [3.8, 4) is 0 Å². The Morgan fingerprint density at radius 2 is 2.00 bits per heavy atom. The molecule has 82 valence electrons. The van der Waals surface area contributed by atoms with Gasteiger partial charge in [0.25, 0.3) is 0 Å². The van der Waals surface area contributed by atoms with E-state index < -0.39 is 0 Å². The lowest BCUT2D eigenvalue weighted by Crippen LogP contribution is -2.35. The van der Waals surface area contributed by atoms with Gasteiger partial charge in [-0.15, -0.1) is 0 Å². The van der Waals surface area contributed by atoms with Crippen molar-refractivity contribution in [1.29, 1.82) is 0 Å². The van der Waals surface area contributed by atoms with E-state index in [1.807, 2.05) is 0 Å². The minimum absolute atomic E-state index is 0.448. The molecular formula is C12H24N2. The third-order valence-corrected chi connectivity index (χ3v) is 3.34. The Morgan fingerprint density at radius 3 is 2.36 bits per heavy atom. The molecule has 0 spiro atoms. The van der Waals surface area contributed by atoms with E-state index in [-0.39, 0.29) is 0 Å². The van der Waals surface area contributed by atoms with Gasteiger partial charge in [-0.1, -0.05) is 20.4 Å². The summed E-state index contributed by atoms with van der Waals surface area (Å²) < 4.78 is 0. The Balaban J connectivity index is 2.56. The fourth-order valence-electron chi connectivity index (χ4n) is 1.92. The smallest absolute Gasteiger partial charge is 0.0456 e. The Labute approximate surface area is 88.6 Å². The molecule has 0 aromatic heterocycles. The van der Waals surface area contributed by atoms with E-state index in [0.29, 0.717) is 11.5 Å². The summed E-state index contributed by atoms with van der Waals surface area (Å²) in [7, 11) is 4.22. The van der Waals surface area contributed by atoms with Crippen molar-refractivity contribution >= 4 is 0 Å². The van der Waals surface area contributed by atoms with E-state index in [9.17, 15) is 0 Å². The zero-order chi connectivity index (χ0) is 10.9. The van der Waals surface area contributed by atoms with Crippen LogP contribution in [0.1, 0.15) is 27.2 Å². The van der Waals surface area contributed by atoms with Crippen LogP contribution in [0.5, 0.6) is 0 Å². The summed E-state index contributed by atoms with van der Waals surface area (Å²) in [5.41, 5.74) is 1.73. The van der Waals surface area contributed by atoms with E-state index in [0.717, 1.165) is 6.54 Å². The van der Waals surface area contributed by atoms with Crippen molar-refractivity contribution in [2.24, 2.45) is 5.41 Å². The molecule has 1 saturated heterocycles. The van der Waals surface area contributed by atoms with Gasteiger partial charge in [0.2, 0.25) is 0 Å². The number of nitrogens with zero attached hydrogens (tertiary/aromatic N) is 2. The fourth-order valence-corrected chi connectivity index (χ4v) is 1.92. The topological polar surface area (TPSA) is 6.48 Å². The number of likely N-dealkylation sites (tertiary alicyclic amines) is 1. The SMILES string of the molecule is C=C(C(C)N(C)C)N1CCC(C)(C)C1. The second kappa shape index (κ2) is 3.93. The van der Waals surface area contributed by atoms with Crippen molar-refractivity contribution in [2.45, 2.75) is 33.2 Å². The third kappa shape index (κ3) is 2.50. The molecular weight excluding hydrogens is 172 g/mol. The van der Waals surface area contributed by atoms with Crippen LogP contribution in [-0.4, -0.2) is 43.0 Å². The average molecular weight is 196 g/mol. The van der Waals surface area contributed by atoms with E-state index in [4.69, 9.17) is 0 Å². The molecule has 2 nitrogen and oxygen atoms in total. The molecule has 2 heteroatoms. The first-order chi connectivity index (χ1) is 6.33. The van der Waals surface area contributed by atoms with E-state index >= 15 is 0 Å². The highest BCUT2D eigenvalue weighted by molar-refractivity contribution is 5.06. The Morgan fingerprint density at radius 1 is 1.43 bits per heavy atom. The largest absolute Gasteiger partial charge is 0.373 e. The van der Waals surface area contributed by atoms with Crippen LogP contribution in [0.3, 0.4) is 0 Å². The van der Waals surface area contributed by atoms with Crippen LogP contribution in [0.2, 0.25) is 0 Å². The quantitative estimate of drug-likeness (QED) is 0.682. The lowest BCUT2D eigenvalue weighted by atomic mass is 9.93. The van der Waals surface area contributed by atoms with Gasteiger partial charge in [-0.2, -0.15) is 0 Å². The molecule has 1 atom stereocenters. The summed E-state index contributed by atoms with van der Waals surface area (Å²) in [5.74, 6) is 0. The maximum atomic E-state index is 4.21. The normalized spacial score (nSPS) is 22.9. The Bertz CT molecular complexity index is 218. The standard InChI is InChI=1S/C12H24N2/c1-10(13(5)6)11(2)14-8-7-12(3,4)9-14/h10H,2,7-9H2,1,3-6H3. The number of rotatable bonds is 3. The van der Waals surface area contributed by atoms with Gasteiger partial charge < -0.3 is 9.80 Å². The van der Waals surface area contributed by atoms with Crippen LogP contribution in [0.15, 0.2) is 12.3 Å². The minimum atomic E-state index is 0.448. The van der Waals surface area contributed by atoms with Crippen molar-refractivity contribution in [2.75, 3.05) is 27.2 Å². The molecule has 0 aliphatic carbocycles. The summed E-state index contributed by atoms with van der Waals surface area (Å²) in [6, 6.07) is 0.448. The van der Waals surface area contributed by atoms with Crippen LogP contribution in [-0.2, 0) is 0 Å². The summed E-state index contributed by atoms with van der Waals surface area (Å²) in [4.78, 5) is 4.65. The molecule has 14 heavy (non-hydrogen) atoms. The molecule has 0 aromatic rings. The van der Waals surface area contributed by atoms with Crippen LogP contribution < -0.4 is 0 Å².